The number of aromatic nitrogens is 1. The van der Waals surface area contributed by atoms with Crippen LogP contribution in [0.25, 0.3) is 21.9 Å². The lowest BCUT2D eigenvalue weighted by atomic mass is 10.0. The van der Waals surface area contributed by atoms with E-state index >= 15 is 0 Å². The standard InChI is InChI=1S/C16H11NO2/c18-16(19)15-8-7-14(10-17-15)13-6-5-11-3-1-2-4-12(11)9-13/h1-10H,(H,18,19). The van der Waals surface area contributed by atoms with Crippen LogP contribution < -0.4 is 0 Å². The number of aromatic carboxylic acids is 1. The molecule has 2 aromatic carbocycles. The molecule has 0 unspecified atom stereocenters. The van der Waals surface area contributed by atoms with Crippen LogP contribution in [0, 0.1) is 0 Å². The van der Waals surface area contributed by atoms with Crippen molar-refractivity contribution in [3.8, 4) is 11.1 Å². The summed E-state index contributed by atoms with van der Waals surface area (Å²) in [5.74, 6) is -1.01. The van der Waals surface area contributed by atoms with Crippen molar-refractivity contribution in [2.24, 2.45) is 0 Å². The summed E-state index contributed by atoms with van der Waals surface area (Å²) in [6, 6.07) is 17.6. The zero-order valence-corrected chi connectivity index (χ0v) is 10.1. The van der Waals surface area contributed by atoms with Crippen molar-refractivity contribution in [3.05, 3.63) is 66.5 Å². The Morgan fingerprint density at radius 1 is 0.895 bits per heavy atom. The second-order valence-corrected chi connectivity index (χ2v) is 4.30. The number of carboxylic acid groups (broad SMARTS) is 1. The van der Waals surface area contributed by atoms with Crippen LogP contribution in [-0.2, 0) is 0 Å². The zero-order chi connectivity index (χ0) is 13.2. The maximum atomic E-state index is 10.8. The fourth-order valence-electron chi connectivity index (χ4n) is 2.06. The molecule has 1 aromatic heterocycles. The summed E-state index contributed by atoms with van der Waals surface area (Å²) in [7, 11) is 0. The fraction of sp³-hybridized carbons (Fsp3) is 0. The predicted octanol–water partition coefficient (Wildman–Crippen LogP) is 3.60. The lowest BCUT2D eigenvalue weighted by molar-refractivity contribution is 0.0690. The molecule has 0 saturated heterocycles. The van der Waals surface area contributed by atoms with Gasteiger partial charge >= 0.3 is 5.97 Å². The average Bonchev–Trinajstić information content (AvgIpc) is 2.47. The van der Waals surface area contributed by atoms with Gasteiger partial charge in [0.25, 0.3) is 0 Å². The van der Waals surface area contributed by atoms with Gasteiger partial charge in [-0.1, -0.05) is 42.5 Å². The van der Waals surface area contributed by atoms with Gasteiger partial charge in [-0.3, -0.25) is 0 Å². The highest BCUT2D eigenvalue weighted by molar-refractivity contribution is 5.88. The zero-order valence-electron chi connectivity index (χ0n) is 10.1. The van der Waals surface area contributed by atoms with Gasteiger partial charge in [-0.05, 0) is 28.5 Å². The van der Waals surface area contributed by atoms with E-state index in [1.807, 2.05) is 18.2 Å². The normalized spacial score (nSPS) is 10.5. The van der Waals surface area contributed by atoms with Gasteiger partial charge < -0.3 is 5.11 Å². The number of rotatable bonds is 2. The van der Waals surface area contributed by atoms with Gasteiger partial charge in [0, 0.05) is 11.8 Å². The molecular weight excluding hydrogens is 238 g/mol. The molecule has 3 nitrogen and oxygen atoms in total. The van der Waals surface area contributed by atoms with Gasteiger partial charge in [0.2, 0.25) is 0 Å². The molecule has 0 saturated carbocycles. The molecule has 0 aliphatic carbocycles. The quantitative estimate of drug-likeness (QED) is 0.754. The minimum Gasteiger partial charge on any atom is -0.477 e. The Balaban J connectivity index is 2.06. The van der Waals surface area contributed by atoms with Crippen molar-refractivity contribution in [3.63, 3.8) is 0 Å². The summed E-state index contributed by atoms with van der Waals surface area (Å²) in [6.45, 7) is 0. The molecule has 0 aliphatic rings. The molecule has 0 aliphatic heterocycles. The van der Waals surface area contributed by atoms with Crippen LogP contribution in [0.1, 0.15) is 10.5 Å². The van der Waals surface area contributed by atoms with Crippen LogP contribution in [0.4, 0.5) is 0 Å². The van der Waals surface area contributed by atoms with E-state index in [0.29, 0.717) is 0 Å². The topological polar surface area (TPSA) is 50.2 Å². The van der Waals surface area contributed by atoms with Crippen LogP contribution in [0.3, 0.4) is 0 Å². The van der Waals surface area contributed by atoms with E-state index in [-0.39, 0.29) is 5.69 Å². The molecule has 0 spiro atoms. The number of pyridine rings is 1. The van der Waals surface area contributed by atoms with Crippen LogP contribution in [0.5, 0.6) is 0 Å². The number of nitrogens with zero attached hydrogens (tertiary/aromatic N) is 1. The number of hydrogen-bond donors (Lipinski definition) is 1. The number of carboxylic acids is 1. The molecule has 0 fully saturated rings. The summed E-state index contributed by atoms with van der Waals surface area (Å²) in [5, 5.41) is 11.2. The first-order valence-electron chi connectivity index (χ1n) is 5.92. The van der Waals surface area contributed by atoms with E-state index in [4.69, 9.17) is 5.11 Å². The molecule has 3 heteroatoms. The molecule has 0 atom stereocenters. The second kappa shape index (κ2) is 4.53. The number of benzene rings is 2. The Bertz CT molecular complexity index is 748. The van der Waals surface area contributed by atoms with Gasteiger partial charge in [0.1, 0.15) is 5.69 Å². The molecule has 3 aromatic rings. The second-order valence-electron chi connectivity index (χ2n) is 4.30. The lowest BCUT2D eigenvalue weighted by Gasteiger charge is -2.04. The predicted molar refractivity (Wildman–Crippen MR) is 74.1 cm³/mol. The van der Waals surface area contributed by atoms with Gasteiger partial charge in [0.05, 0.1) is 0 Å². The Kier molecular flexibility index (Phi) is 2.72. The van der Waals surface area contributed by atoms with Crippen molar-refractivity contribution in [1.29, 1.82) is 0 Å². The number of fused-ring (bicyclic) bond motifs is 1. The summed E-state index contributed by atoms with van der Waals surface area (Å²) < 4.78 is 0. The van der Waals surface area contributed by atoms with Gasteiger partial charge in [-0.15, -0.1) is 0 Å². The largest absolute Gasteiger partial charge is 0.477 e. The van der Waals surface area contributed by atoms with Crippen molar-refractivity contribution in [2.75, 3.05) is 0 Å². The van der Waals surface area contributed by atoms with E-state index in [9.17, 15) is 4.79 Å². The first kappa shape index (κ1) is 11.4. The highest BCUT2D eigenvalue weighted by Gasteiger charge is 2.05. The third-order valence-corrected chi connectivity index (χ3v) is 3.07. The molecule has 0 bridgehead atoms. The van der Waals surface area contributed by atoms with Crippen LogP contribution in [0.2, 0.25) is 0 Å². The van der Waals surface area contributed by atoms with E-state index in [1.54, 1.807) is 12.3 Å². The molecular formula is C16H11NO2. The molecule has 0 radical (unpaired) electrons. The molecule has 92 valence electrons. The van der Waals surface area contributed by atoms with E-state index in [0.717, 1.165) is 16.5 Å². The Morgan fingerprint density at radius 2 is 1.63 bits per heavy atom. The van der Waals surface area contributed by atoms with Gasteiger partial charge in [0.15, 0.2) is 0 Å². The highest BCUT2D eigenvalue weighted by atomic mass is 16.4. The van der Waals surface area contributed by atoms with Crippen molar-refractivity contribution < 1.29 is 9.90 Å². The lowest BCUT2D eigenvalue weighted by Crippen LogP contribution is -1.99. The van der Waals surface area contributed by atoms with E-state index in [2.05, 4.69) is 29.2 Å². The molecule has 1 N–H and O–H groups in total. The first-order valence-corrected chi connectivity index (χ1v) is 5.92. The third kappa shape index (κ3) is 2.18. The maximum Gasteiger partial charge on any atom is 0.354 e. The SMILES string of the molecule is O=C(O)c1ccc(-c2ccc3ccccc3c2)cn1. The number of hydrogen-bond acceptors (Lipinski definition) is 2. The minimum atomic E-state index is -1.01. The maximum absolute atomic E-state index is 10.8. The molecule has 3 rings (SSSR count). The third-order valence-electron chi connectivity index (χ3n) is 3.07. The molecule has 0 amide bonds. The van der Waals surface area contributed by atoms with E-state index < -0.39 is 5.97 Å². The van der Waals surface area contributed by atoms with Gasteiger partial charge in [-0.25, -0.2) is 9.78 Å². The van der Waals surface area contributed by atoms with Crippen molar-refractivity contribution in [2.45, 2.75) is 0 Å². The Labute approximate surface area is 110 Å². The van der Waals surface area contributed by atoms with Crippen molar-refractivity contribution >= 4 is 16.7 Å². The Hall–Kier alpha value is -2.68. The first-order chi connectivity index (χ1) is 9.24. The minimum absolute atomic E-state index is 0.0598. The van der Waals surface area contributed by atoms with Gasteiger partial charge in [-0.2, -0.15) is 0 Å². The fourth-order valence-corrected chi connectivity index (χ4v) is 2.06. The monoisotopic (exact) mass is 249 g/mol. The summed E-state index contributed by atoms with van der Waals surface area (Å²) in [6.07, 6.45) is 1.59. The van der Waals surface area contributed by atoms with Crippen molar-refractivity contribution in [1.82, 2.24) is 4.98 Å². The summed E-state index contributed by atoms with van der Waals surface area (Å²) in [5.41, 5.74) is 2.00. The average molecular weight is 249 g/mol. The highest BCUT2D eigenvalue weighted by Crippen LogP contribution is 2.23. The van der Waals surface area contributed by atoms with Crippen LogP contribution in [-0.4, -0.2) is 16.1 Å². The smallest absolute Gasteiger partial charge is 0.354 e. The van der Waals surface area contributed by atoms with Crippen LogP contribution >= 0.6 is 0 Å². The van der Waals surface area contributed by atoms with Crippen LogP contribution in [0.15, 0.2) is 60.8 Å². The summed E-state index contributed by atoms with van der Waals surface area (Å²) in [4.78, 5) is 14.7. The molecule has 1 heterocycles. The van der Waals surface area contributed by atoms with E-state index in [1.165, 1.54) is 11.5 Å². The number of carbonyl (C=O) groups is 1. The Morgan fingerprint density at radius 3 is 2.32 bits per heavy atom. The molecule has 19 heavy (non-hydrogen) atoms. The summed E-state index contributed by atoms with van der Waals surface area (Å²) >= 11 is 0.